The fourth-order valence-corrected chi connectivity index (χ4v) is 3.25. The van der Waals surface area contributed by atoms with Crippen LogP contribution in [0.3, 0.4) is 0 Å². The summed E-state index contributed by atoms with van der Waals surface area (Å²) in [5.74, 6) is 0. The lowest BCUT2D eigenvalue weighted by molar-refractivity contribution is 0.198. The molecule has 4 heteroatoms. The van der Waals surface area contributed by atoms with Crippen LogP contribution < -0.4 is 0 Å². The Balaban J connectivity index is 3.85. The van der Waals surface area contributed by atoms with Gasteiger partial charge in [-0.15, -0.1) is 0 Å². The molecule has 0 saturated heterocycles. The second kappa shape index (κ2) is 11.3. The van der Waals surface area contributed by atoms with Crippen molar-refractivity contribution >= 4 is 7.60 Å². The first-order valence-corrected chi connectivity index (χ1v) is 8.79. The van der Waals surface area contributed by atoms with E-state index in [1.807, 2.05) is 6.92 Å². The quantitative estimate of drug-likeness (QED) is 0.367. The second-order valence-electron chi connectivity index (χ2n) is 4.42. The molecule has 0 aromatic rings. The molecule has 3 nitrogen and oxygen atoms in total. The lowest BCUT2D eigenvalue weighted by Gasteiger charge is -2.18. The van der Waals surface area contributed by atoms with Crippen molar-refractivity contribution in [3.8, 4) is 0 Å². The van der Waals surface area contributed by atoms with E-state index in [0.29, 0.717) is 19.4 Å². The van der Waals surface area contributed by atoms with Crippen molar-refractivity contribution in [3.63, 3.8) is 0 Å². The molecular formula is C13H29O3P. The van der Waals surface area contributed by atoms with Gasteiger partial charge in [0.05, 0.1) is 13.2 Å². The number of hydrogen-bond acceptors (Lipinski definition) is 3. The summed E-state index contributed by atoms with van der Waals surface area (Å²) in [5.41, 5.74) is 0. The first kappa shape index (κ1) is 17.2. The smallest absolute Gasteiger partial charge is 0.309 e. The lowest BCUT2D eigenvalue weighted by Crippen LogP contribution is -2.02. The van der Waals surface area contributed by atoms with Crippen LogP contribution in [0.5, 0.6) is 0 Å². The first-order valence-electron chi connectivity index (χ1n) is 7.06. The van der Waals surface area contributed by atoms with E-state index in [0.717, 1.165) is 44.9 Å². The van der Waals surface area contributed by atoms with E-state index < -0.39 is 7.60 Å². The van der Waals surface area contributed by atoms with Gasteiger partial charge in [0, 0.05) is 6.16 Å². The van der Waals surface area contributed by atoms with Crippen LogP contribution in [0.2, 0.25) is 0 Å². The maximum atomic E-state index is 12.3. The zero-order valence-electron chi connectivity index (χ0n) is 11.7. The maximum absolute atomic E-state index is 12.3. The van der Waals surface area contributed by atoms with E-state index in [2.05, 4.69) is 13.8 Å². The van der Waals surface area contributed by atoms with Crippen molar-refractivity contribution in [1.82, 2.24) is 0 Å². The van der Waals surface area contributed by atoms with Crippen LogP contribution in [0.4, 0.5) is 0 Å². The molecule has 0 spiro atoms. The van der Waals surface area contributed by atoms with Gasteiger partial charge in [0.1, 0.15) is 0 Å². The van der Waals surface area contributed by atoms with E-state index >= 15 is 0 Å². The molecule has 0 aliphatic heterocycles. The molecule has 17 heavy (non-hydrogen) atoms. The van der Waals surface area contributed by atoms with Crippen LogP contribution in [0.15, 0.2) is 0 Å². The summed E-state index contributed by atoms with van der Waals surface area (Å²) < 4.78 is 23.3. The Hall–Kier alpha value is 0.150. The minimum absolute atomic E-state index is 0.547. The highest BCUT2D eigenvalue weighted by Crippen LogP contribution is 2.48. The van der Waals surface area contributed by atoms with Gasteiger partial charge >= 0.3 is 7.60 Å². The van der Waals surface area contributed by atoms with Gasteiger partial charge in [-0.2, -0.15) is 0 Å². The Labute approximate surface area is 107 Å². The van der Waals surface area contributed by atoms with E-state index in [1.165, 1.54) is 0 Å². The molecule has 0 heterocycles. The van der Waals surface area contributed by atoms with Crippen LogP contribution >= 0.6 is 7.60 Å². The predicted molar refractivity (Wildman–Crippen MR) is 73.7 cm³/mol. The van der Waals surface area contributed by atoms with Crippen LogP contribution in [0.25, 0.3) is 0 Å². The number of hydrogen-bond donors (Lipinski definition) is 0. The molecule has 0 aromatic heterocycles. The highest BCUT2D eigenvalue weighted by Gasteiger charge is 2.22. The van der Waals surface area contributed by atoms with Crippen LogP contribution in [-0.4, -0.2) is 19.4 Å². The van der Waals surface area contributed by atoms with Crippen molar-refractivity contribution in [2.45, 2.75) is 65.7 Å². The third-order valence-electron chi connectivity index (χ3n) is 2.57. The molecule has 0 aliphatic carbocycles. The summed E-state index contributed by atoms with van der Waals surface area (Å²) >= 11 is 0. The van der Waals surface area contributed by atoms with E-state index in [1.54, 1.807) is 0 Å². The van der Waals surface area contributed by atoms with Crippen LogP contribution in [0, 0.1) is 0 Å². The minimum Gasteiger partial charge on any atom is -0.309 e. The second-order valence-corrected chi connectivity index (χ2v) is 6.60. The molecule has 0 aliphatic rings. The summed E-state index contributed by atoms with van der Waals surface area (Å²) in [5, 5.41) is 0. The molecule has 0 saturated carbocycles. The van der Waals surface area contributed by atoms with Crippen molar-refractivity contribution in [2.24, 2.45) is 0 Å². The maximum Gasteiger partial charge on any atom is 0.330 e. The van der Waals surface area contributed by atoms with E-state index in [9.17, 15) is 4.57 Å². The van der Waals surface area contributed by atoms with Crippen LogP contribution in [0.1, 0.15) is 65.7 Å². The molecule has 0 radical (unpaired) electrons. The van der Waals surface area contributed by atoms with Gasteiger partial charge in [-0.05, 0) is 19.3 Å². The van der Waals surface area contributed by atoms with Crippen molar-refractivity contribution < 1.29 is 13.6 Å². The summed E-state index contributed by atoms with van der Waals surface area (Å²) in [6.45, 7) is 7.44. The van der Waals surface area contributed by atoms with Crippen molar-refractivity contribution in [2.75, 3.05) is 19.4 Å². The highest BCUT2D eigenvalue weighted by atomic mass is 31.2. The molecule has 0 fully saturated rings. The fraction of sp³-hybridized carbons (Fsp3) is 1.00. The number of unbranched alkanes of at least 4 members (excludes halogenated alkanes) is 4. The standard InChI is InChI=1S/C13H29O3P/c1-4-7-9-11-15-17(14,13-6-3)16-12-10-8-5-2/h4-13H2,1-3H3. The average Bonchev–Trinajstić information content (AvgIpc) is 2.31. The molecule has 0 aromatic carbocycles. The SMILES string of the molecule is CCCCCOP(=O)(CCC)OCCCCC. The van der Waals surface area contributed by atoms with E-state index in [-0.39, 0.29) is 0 Å². The van der Waals surface area contributed by atoms with Gasteiger partial charge in [0.2, 0.25) is 0 Å². The zero-order chi connectivity index (χ0) is 13.0. The molecule has 0 bridgehead atoms. The monoisotopic (exact) mass is 264 g/mol. The molecule has 0 N–H and O–H groups in total. The average molecular weight is 264 g/mol. The van der Waals surface area contributed by atoms with Crippen molar-refractivity contribution in [1.29, 1.82) is 0 Å². The van der Waals surface area contributed by atoms with Gasteiger partial charge in [-0.1, -0.05) is 46.5 Å². The van der Waals surface area contributed by atoms with E-state index in [4.69, 9.17) is 9.05 Å². The van der Waals surface area contributed by atoms with Crippen molar-refractivity contribution in [3.05, 3.63) is 0 Å². The van der Waals surface area contributed by atoms with Gasteiger partial charge in [0.25, 0.3) is 0 Å². The Morgan fingerprint density at radius 3 is 1.59 bits per heavy atom. The summed E-state index contributed by atoms with van der Waals surface area (Å²) in [4.78, 5) is 0. The Bertz CT molecular complexity index is 191. The summed E-state index contributed by atoms with van der Waals surface area (Å²) in [6.07, 6.45) is 7.90. The Morgan fingerprint density at radius 2 is 1.24 bits per heavy atom. The third kappa shape index (κ3) is 9.82. The summed E-state index contributed by atoms with van der Waals surface area (Å²) in [7, 11) is -2.80. The normalized spacial score (nSPS) is 11.9. The minimum atomic E-state index is -2.80. The number of rotatable bonds is 12. The zero-order valence-corrected chi connectivity index (χ0v) is 12.6. The van der Waals surface area contributed by atoms with Crippen LogP contribution in [-0.2, 0) is 13.6 Å². The van der Waals surface area contributed by atoms with Gasteiger partial charge < -0.3 is 9.05 Å². The third-order valence-corrected chi connectivity index (χ3v) is 4.72. The molecule has 0 rings (SSSR count). The fourth-order valence-electron chi connectivity index (χ4n) is 1.55. The predicted octanol–water partition coefficient (Wildman–Crippen LogP) is 5.00. The molecule has 0 unspecified atom stereocenters. The van der Waals surface area contributed by atoms with Gasteiger partial charge in [0.15, 0.2) is 0 Å². The molecule has 0 amide bonds. The highest BCUT2D eigenvalue weighted by molar-refractivity contribution is 7.53. The summed E-state index contributed by atoms with van der Waals surface area (Å²) in [6, 6.07) is 0. The lowest BCUT2D eigenvalue weighted by atomic mass is 10.3. The largest absolute Gasteiger partial charge is 0.330 e. The van der Waals surface area contributed by atoms with Gasteiger partial charge in [-0.25, -0.2) is 0 Å². The van der Waals surface area contributed by atoms with Gasteiger partial charge in [-0.3, -0.25) is 4.57 Å². The molecule has 0 atom stereocenters. The Kier molecular flexibility index (Phi) is 11.4. The molecule has 104 valence electrons. The topological polar surface area (TPSA) is 35.5 Å². The first-order chi connectivity index (χ1) is 8.18. The Morgan fingerprint density at radius 1 is 0.765 bits per heavy atom. The molecular weight excluding hydrogens is 235 g/mol.